The predicted octanol–water partition coefficient (Wildman–Crippen LogP) is 3.93. The maximum absolute atomic E-state index is 13.9. The lowest BCUT2D eigenvalue weighted by Crippen LogP contribution is -2.16. The molecule has 0 saturated carbocycles. The third kappa shape index (κ3) is 3.30. The van der Waals surface area contributed by atoms with Gasteiger partial charge in [0.15, 0.2) is 0 Å². The molecule has 0 heterocycles. The molecular weight excluding hydrogens is 383 g/mol. The van der Waals surface area contributed by atoms with Crippen molar-refractivity contribution in [1.82, 2.24) is 0 Å². The Hall–Kier alpha value is -1.31. The van der Waals surface area contributed by atoms with Crippen molar-refractivity contribution in [2.24, 2.45) is 0 Å². The van der Waals surface area contributed by atoms with Crippen molar-refractivity contribution >= 4 is 48.9 Å². The number of rotatable bonds is 3. The average molecular weight is 394 g/mol. The zero-order valence-corrected chi connectivity index (χ0v) is 14.0. The number of benzene rings is 2. The fourth-order valence-electron chi connectivity index (χ4n) is 1.67. The second kappa shape index (κ2) is 5.82. The molecule has 0 aromatic heterocycles. The molecule has 0 saturated heterocycles. The minimum Gasteiger partial charge on any atom is -0.398 e. The topological polar surface area (TPSA) is 72.2 Å². The first-order chi connectivity index (χ1) is 9.72. The summed E-state index contributed by atoms with van der Waals surface area (Å²) in [6.45, 7) is 1.66. The lowest BCUT2D eigenvalue weighted by Gasteiger charge is -2.12. The Labute approximate surface area is 135 Å². The van der Waals surface area contributed by atoms with Crippen molar-refractivity contribution in [3.05, 3.63) is 51.2 Å². The highest BCUT2D eigenvalue weighted by atomic mass is 79.9. The number of anilines is 2. The molecule has 0 aliphatic carbocycles. The van der Waals surface area contributed by atoms with Crippen molar-refractivity contribution in [1.29, 1.82) is 0 Å². The highest BCUT2D eigenvalue weighted by Gasteiger charge is 2.21. The molecule has 0 aliphatic heterocycles. The van der Waals surface area contributed by atoms with Crippen LogP contribution in [0.5, 0.6) is 0 Å². The Morgan fingerprint density at radius 2 is 2.00 bits per heavy atom. The summed E-state index contributed by atoms with van der Waals surface area (Å²) in [4.78, 5) is -0.525. The molecule has 2 aromatic rings. The number of halogens is 3. The van der Waals surface area contributed by atoms with E-state index < -0.39 is 20.7 Å². The SMILES string of the molecule is Cc1c(Cl)cccc1NS(=O)(=O)c1cc(N)c(Br)cc1F. The summed E-state index contributed by atoms with van der Waals surface area (Å²) >= 11 is 8.97. The van der Waals surface area contributed by atoms with Crippen LogP contribution >= 0.6 is 27.5 Å². The molecule has 0 fully saturated rings. The van der Waals surface area contributed by atoms with E-state index in [9.17, 15) is 12.8 Å². The minimum absolute atomic E-state index is 0.125. The Bertz CT molecular complexity index is 812. The van der Waals surface area contributed by atoms with E-state index in [0.717, 1.165) is 12.1 Å². The maximum Gasteiger partial charge on any atom is 0.264 e. The van der Waals surface area contributed by atoms with Gasteiger partial charge in [-0.2, -0.15) is 0 Å². The zero-order valence-electron chi connectivity index (χ0n) is 10.8. The Morgan fingerprint density at radius 3 is 2.67 bits per heavy atom. The van der Waals surface area contributed by atoms with E-state index in [0.29, 0.717) is 10.6 Å². The van der Waals surface area contributed by atoms with E-state index in [2.05, 4.69) is 20.7 Å². The number of nitrogens with one attached hydrogen (secondary N) is 1. The molecule has 4 nitrogen and oxygen atoms in total. The summed E-state index contributed by atoms with van der Waals surface area (Å²) in [6.07, 6.45) is 0. The summed E-state index contributed by atoms with van der Waals surface area (Å²) < 4.78 is 41.0. The van der Waals surface area contributed by atoms with Crippen LogP contribution in [0.1, 0.15) is 5.56 Å². The van der Waals surface area contributed by atoms with Crippen LogP contribution in [-0.2, 0) is 10.0 Å². The molecule has 0 atom stereocenters. The summed E-state index contributed by atoms with van der Waals surface area (Å²) in [5, 5.41) is 0.408. The van der Waals surface area contributed by atoms with Gasteiger partial charge in [0.2, 0.25) is 0 Å². The first-order valence-corrected chi connectivity index (χ1v) is 8.40. The van der Waals surface area contributed by atoms with Gasteiger partial charge < -0.3 is 5.73 Å². The van der Waals surface area contributed by atoms with E-state index in [1.165, 1.54) is 0 Å². The van der Waals surface area contributed by atoms with Gasteiger partial charge in [0.1, 0.15) is 10.7 Å². The summed E-state index contributed by atoms with van der Waals surface area (Å²) in [6, 6.07) is 6.83. The Kier molecular flexibility index (Phi) is 4.46. The normalized spacial score (nSPS) is 11.4. The van der Waals surface area contributed by atoms with Crippen LogP contribution in [0.3, 0.4) is 0 Å². The van der Waals surface area contributed by atoms with Crippen LogP contribution in [0.15, 0.2) is 39.7 Å². The molecule has 0 spiro atoms. The van der Waals surface area contributed by atoms with E-state index in [4.69, 9.17) is 17.3 Å². The van der Waals surface area contributed by atoms with Crippen molar-refractivity contribution in [3.63, 3.8) is 0 Å². The van der Waals surface area contributed by atoms with Crippen molar-refractivity contribution in [3.8, 4) is 0 Å². The van der Waals surface area contributed by atoms with Crippen LogP contribution in [0.2, 0.25) is 5.02 Å². The highest BCUT2D eigenvalue weighted by molar-refractivity contribution is 9.10. The van der Waals surface area contributed by atoms with Crippen LogP contribution in [0.4, 0.5) is 15.8 Å². The first-order valence-electron chi connectivity index (χ1n) is 5.75. The average Bonchev–Trinajstić information content (AvgIpc) is 2.39. The fraction of sp³-hybridized carbons (Fsp3) is 0.0769. The molecule has 112 valence electrons. The standard InChI is InChI=1S/C13H11BrClFN2O2S/c1-7-9(15)3-2-4-12(7)18-21(19,20)13-6-11(17)8(14)5-10(13)16/h2-6,18H,17H2,1H3. The van der Waals surface area contributed by atoms with E-state index >= 15 is 0 Å². The summed E-state index contributed by atoms with van der Waals surface area (Å²) in [5.41, 5.74) is 6.56. The molecule has 0 bridgehead atoms. The highest BCUT2D eigenvalue weighted by Crippen LogP contribution is 2.29. The monoisotopic (exact) mass is 392 g/mol. The molecule has 21 heavy (non-hydrogen) atoms. The Balaban J connectivity index is 2.48. The summed E-state index contributed by atoms with van der Waals surface area (Å²) in [7, 11) is -4.11. The second-order valence-electron chi connectivity index (χ2n) is 4.32. The second-order valence-corrected chi connectivity index (χ2v) is 7.23. The number of hydrogen-bond donors (Lipinski definition) is 2. The van der Waals surface area contributed by atoms with Crippen molar-refractivity contribution < 1.29 is 12.8 Å². The predicted molar refractivity (Wildman–Crippen MR) is 85.5 cm³/mol. The minimum atomic E-state index is -4.11. The maximum atomic E-state index is 13.9. The number of nitrogen functional groups attached to an aromatic ring is 1. The number of hydrogen-bond acceptors (Lipinski definition) is 3. The molecule has 3 N–H and O–H groups in total. The zero-order chi connectivity index (χ0) is 15.8. The molecule has 2 rings (SSSR count). The van der Waals surface area contributed by atoms with E-state index in [-0.39, 0.29) is 15.8 Å². The van der Waals surface area contributed by atoms with Gasteiger partial charge in [-0.15, -0.1) is 0 Å². The molecule has 0 aliphatic rings. The lowest BCUT2D eigenvalue weighted by molar-refractivity contribution is 0.570. The van der Waals surface area contributed by atoms with Crippen LogP contribution < -0.4 is 10.5 Å². The first kappa shape index (κ1) is 16.1. The van der Waals surface area contributed by atoms with Crippen LogP contribution in [-0.4, -0.2) is 8.42 Å². The third-order valence-corrected chi connectivity index (χ3v) is 5.33. The van der Waals surface area contributed by atoms with E-state index in [1.807, 2.05) is 0 Å². The quantitative estimate of drug-likeness (QED) is 0.776. The lowest BCUT2D eigenvalue weighted by atomic mass is 10.2. The van der Waals surface area contributed by atoms with Crippen LogP contribution in [0, 0.1) is 12.7 Å². The van der Waals surface area contributed by atoms with Crippen LogP contribution in [0.25, 0.3) is 0 Å². The van der Waals surface area contributed by atoms with Crippen molar-refractivity contribution in [2.75, 3.05) is 10.5 Å². The fourth-order valence-corrected chi connectivity index (χ4v) is 3.38. The van der Waals surface area contributed by atoms with Gasteiger partial charge in [-0.05, 0) is 52.7 Å². The molecule has 8 heteroatoms. The molecule has 2 aromatic carbocycles. The molecule has 0 amide bonds. The number of nitrogens with two attached hydrogens (primary N) is 1. The van der Waals surface area contributed by atoms with Crippen molar-refractivity contribution in [2.45, 2.75) is 11.8 Å². The number of sulfonamides is 1. The molecule has 0 radical (unpaired) electrons. The van der Waals surface area contributed by atoms with Gasteiger partial charge in [-0.1, -0.05) is 17.7 Å². The summed E-state index contributed by atoms with van der Waals surface area (Å²) in [5.74, 6) is -0.900. The molecule has 0 unspecified atom stereocenters. The van der Waals surface area contributed by atoms with E-state index in [1.54, 1.807) is 25.1 Å². The van der Waals surface area contributed by atoms with Gasteiger partial charge in [-0.3, -0.25) is 4.72 Å². The van der Waals surface area contributed by atoms with Gasteiger partial charge >= 0.3 is 0 Å². The van der Waals surface area contributed by atoms with Gasteiger partial charge in [0.25, 0.3) is 10.0 Å². The van der Waals surface area contributed by atoms with Gasteiger partial charge in [-0.25, -0.2) is 12.8 Å². The smallest absolute Gasteiger partial charge is 0.264 e. The largest absolute Gasteiger partial charge is 0.398 e. The molecular formula is C13H11BrClFN2O2S. The van der Waals surface area contributed by atoms with Gasteiger partial charge in [0.05, 0.1) is 5.69 Å². The third-order valence-electron chi connectivity index (χ3n) is 2.85. The van der Waals surface area contributed by atoms with Gasteiger partial charge in [0, 0.05) is 15.2 Å². The Morgan fingerprint density at radius 1 is 1.33 bits per heavy atom.